The highest BCUT2D eigenvalue weighted by Crippen LogP contribution is 2.47. The Kier molecular flexibility index (Phi) is 11.1. The number of carbonyl (C=O) groups is 2. The third-order valence-electron chi connectivity index (χ3n) is 10.9. The zero-order valence-corrected chi connectivity index (χ0v) is 28.5. The average molecular weight is 660 g/mol. The Balaban J connectivity index is 1.09. The minimum absolute atomic E-state index is 0.0572. The Morgan fingerprint density at radius 1 is 0.915 bits per heavy atom. The Labute approximate surface area is 284 Å². The molecule has 3 heterocycles. The standard InChI is InChI=1S/C37H50ClN7O2/c1-42(25-30-8-4-2-5-9-30)36(47)44-20-16-33(17-21-44)41-34(24-29-12-14-32(38)15-13-29)35(46)43-22-18-37(19-23-43,26-45-28-39-27-40-45)31-10-6-3-7-11-31/h2,4-5,8-9,12-15,27-28,31,33-34,41H,3,6-7,10-11,16-26H2,1H3/t34-/m1/s1. The fourth-order valence-electron chi connectivity index (χ4n) is 8.20. The largest absolute Gasteiger partial charge is 0.341 e. The number of carbonyl (C=O) groups excluding carboxylic acids is 2. The van der Waals surface area contributed by atoms with Crippen molar-refractivity contribution in [1.29, 1.82) is 0 Å². The van der Waals surface area contributed by atoms with E-state index >= 15 is 0 Å². The van der Waals surface area contributed by atoms with Crippen LogP contribution in [0.5, 0.6) is 0 Å². The summed E-state index contributed by atoms with van der Waals surface area (Å²) in [4.78, 5) is 37.6. The molecule has 0 bridgehead atoms. The molecule has 6 rings (SSSR count). The quantitative estimate of drug-likeness (QED) is 0.287. The van der Waals surface area contributed by atoms with Gasteiger partial charge in [-0.2, -0.15) is 5.10 Å². The zero-order valence-electron chi connectivity index (χ0n) is 27.8. The molecule has 1 saturated carbocycles. The van der Waals surface area contributed by atoms with Crippen molar-refractivity contribution < 1.29 is 9.59 Å². The van der Waals surface area contributed by atoms with Gasteiger partial charge in [0.1, 0.15) is 12.7 Å². The molecular weight excluding hydrogens is 610 g/mol. The number of aromatic nitrogens is 3. The van der Waals surface area contributed by atoms with E-state index in [9.17, 15) is 9.59 Å². The minimum Gasteiger partial charge on any atom is -0.341 e. The molecule has 1 aromatic heterocycles. The van der Waals surface area contributed by atoms with Crippen LogP contribution >= 0.6 is 11.6 Å². The second-order valence-electron chi connectivity index (χ2n) is 14.1. The molecular formula is C37H50ClN7O2. The Morgan fingerprint density at radius 2 is 1.62 bits per heavy atom. The van der Waals surface area contributed by atoms with Crippen LogP contribution in [0.25, 0.3) is 0 Å². The van der Waals surface area contributed by atoms with E-state index < -0.39 is 0 Å². The molecule has 0 unspecified atom stereocenters. The van der Waals surface area contributed by atoms with Crippen molar-refractivity contribution in [3.8, 4) is 0 Å². The van der Waals surface area contributed by atoms with Crippen LogP contribution in [0.1, 0.15) is 68.9 Å². The summed E-state index contributed by atoms with van der Waals surface area (Å²) < 4.78 is 2.01. The minimum atomic E-state index is -0.332. The number of amides is 3. The SMILES string of the molecule is CN(Cc1ccccc1)C(=O)N1CCC(N[C@H](Cc2ccc(Cl)cc2)C(=O)N2CCC(Cn3cncn3)(C3CCCCC3)CC2)CC1. The Bertz CT molecular complexity index is 1410. The fraction of sp³-hybridized carbons (Fsp3) is 0.568. The molecule has 3 fully saturated rings. The number of urea groups is 1. The van der Waals surface area contributed by atoms with Gasteiger partial charge in [0.25, 0.3) is 0 Å². The van der Waals surface area contributed by atoms with E-state index in [4.69, 9.17) is 11.6 Å². The molecule has 2 aromatic carbocycles. The smallest absolute Gasteiger partial charge is 0.320 e. The third-order valence-corrected chi connectivity index (χ3v) is 11.2. The van der Waals surface area contributed by atoms with Crippen LogP contribution in [-0.2, 0) is 24.3 Å². The predicted molar refractivity (Wildman–Crippen MR) is 185 cm³/mol. The molecule has 2 saturated heterocycles. The number of benzene rings is 2. The fourth-order valence-corrected chi connectivity index (χ4v) is 8.33. The maximum atomic E-state index is 14.3. The van der Waals surface area contributed by atoms with E-state index in [1.54, 1.807) is 11.2 Å². The lowest BCUT2D eigenvalue weighted by Crippen LogP contribution is -2.57. The van der Waals surface area contributed by atoms with E-state index in [0.29, 0.717) is 37.0 Å². The lowest BCUT2D eigenvalue weighted by molar-refractivity contribution is -0.137. The van der Waals surface area contributed by atoms with E-state index in [-0.39, 0.29) is 29.4 Å². The number of nitrogens with zero attached hydrogens (tertiary/aromatic N) is 6. The molecule has 1 atom stereocenters. The summed E-state index contributed by atoms with van der Waals surface area (Å²) in [5.74, 6) is 0.847. The van der Waals surface area contributed by atoms with Crippen LogP contribution in [0.4, 0.5) is 4.79 Å². The van der Waals surface area contributed by atoms with E-state index in [1.807, 2.05) is 77.6 Å². The summed E-state index contributed by atoms with van der Waals surface area (Å²) in [7, 11) is 1.87. The molecule has 3 aromatic rings. The van der Waals surface area contributed by atoms with Gasteiger partial charge >= 0.3 is 6.03 Å². The normalized spacial score (nSPS) is 19.8. The lowest BCUT2D eigenvalue weighted by Gasteiger charge is -2.48. The van der Waals surface area contributed by atoms with Gasteiger partial charge in [0.05, 0.1) is 6.04 Å². The van der Waals surface area contributed by atoms with Crippen molar-refractivity contribution in [1.82, 2.24) is 34.8 Å². The molecule has 252 valence electrons. The van der Waals surface area contributed by atoms with Crippen LogP contribution in [0.3, 0.4) is 0 Å². The van der Waals surface area contributed by atoms with Crippen molar-refractivity contribution in [2.24, 2.45) is 11.3 Å². The summed E-state index contributed by atoms with van der Waals surface area (Å²) in [6.07, 6.45) is 14.2. The first-order valence-electron chi connectivity index (χ1n) is 17.5. The first-order valence-corrected chi connectivity index (χ1v) is 17.9. The maximum Gasteiger partial charge on any atom is 0.320 e. The van der Waals surface area contributed by atoms with Crippen molar-refractivity contribution in [3.63, 3.8) is 0 Å². The van der Waals surface area contributed by atoms with Gasteiger partial charge in [-0.25, -0.2) is 9.78 Å². The van der Waals surface area contributed by atoms with Crippen molar-refractivity contribution in [3.05, 3.63) is 83.4 Å². The van der Waals surface area contributed by atoms with Crippen LogP contribution in [0, 0.1) is 11.3 Å². The molecule has 3 amide bonds. The zero-order chi connectivity index (χ0) is 32.6. The highest BCUT2D eigenvalue weighted by molar-refractivity contribution is 6.30. The number of likely N-dealkylation sites (tertiary alicyclic amines) is 2. The number of rotatable bonds is 10. The van der Waals surface area contributed by atoms with Gasteiger partial charge in [-0.1, -0.05) is 73.3 Å². The monoisotopic (exact) mass is 659 g/mol. The Hall–Kier alpha value is -3.43. The van der Waals surface area contributed by atoms with Crippen LogP contribution in [0.15, 0.2) is 67.3 Å². The molecule has 1 aliphatic carbocycles. The molecule has 1 N–H and O–H groups in total. The molecule has 9 nitrogen and oxygen atoms in total. The van der Waals surface area contributed by atoms with Crippen molar-refractivity contribution in [2.75, 3.05) is 33.2 Å². The van der Waals surface area contributed by atoms with E-state index in [0.717, 1.165) is 56.4 Å². The summed E-state index contributed by atoms with van der Waals surface area (Å²) in [5, 5.41) is 8.94. The first kappa shape index (κ1) is 33.5. The van der Waals surface area contributed by atoms with E-state index in [1.165, 1.54) is 32.1 Å². The van der Waals surface area contributed by atoms with Gasteiger partial charge in [0.2, 0.25) is 5.91 Å². The second kappa shape index (κ2) is 15.6. The van der Waals surface area contributed by atoms with Gasteiger partial charge in [0.15, 0.2) is 0 Å². The predicted octanol–water partition coefficient (Wildman–Crippen LogP) is 6.04. The van der Waals surface area contributed by atoms with Gasteiger partial charge in [-0.15, -0.1) is 0 Å². The molecule has 10 heteroatoms. The summed E-state index contributed by atoms with van der Waals surface area (Å²) in [6, 6.07) is 17.8. The highest BCUT2D eigenvalue weighted by atomic mass is 35.5. The number of hydrogen-bond donors (Lipinski definition) is 1. The summed E-state index contributed by atoms with van der Waals surface area (Å²) in [6.45, 7) is 4.35. The van der Waals surface area contributed by atoms with Gasteiger partial charge in [-0.3, -0.25) is 9.48 Å². The van der Waals surface area contributed by atoms with E-state index in [2.05, 4.69) is 20.3 Å². The Morgan fingerprint density at radius 3 is 2.28 bits per heavy atom. The highest BCUT2D eigenvalue weighted by Gasteiger charge is 2.44. The molecule has 0 spiro atoms. The number of nitrogens with one attached hydrogen (secondary N) is 1. The van der Waals surface area contributed by atoms with Gasteiger partial charge in [0, 0.05) is 57.4 Å². The second-order valence-corrected chi connectivity index (χ2v) is 14.5. The molecule has 47 heavy (non-hydrogen) atoms. The van der Waals surface area contributed by atoms with Crippen LogP contribution in [0.2, 0.25) is 5.02 Å². The van der Waals surface area contributed by atoms with Crippen molar-refractivity contribution in [2.45, 2.75) is 89.4 Å². The van der Waals surface area contributed by atoms with Crippen LogP contribution < -0.4 is 5.32 Å². The molecule has 3 aliphatic rings. The van der Waals surface area contributed by atoms with Gasteiger partial charge in [-0.05, 0) is 79.5 Å². The van der Waals surface area contributed by atoms with Crippen LogP contribution in [-0.4, -0.2) is 86.7 Å². The number of halogens is 1. The summed E-state index contributed by atoms with van der Waals surface area (Å²) >= 11 is 6.20. The van der Waals surface area contributed by atoms with Gasteiger partial charge < -0.3 is 20.0 Å². The average Bonchev–Trinajstić information content (AvgIpc) is 3.62. The number of hydrogen-bond acceptors (Lipinski definition) is 5. The summed E-state index contributed by atoms with van der Waals surface area (Å²) in [5.41, 5.74) is 2.36. The number of piperidine rings is 2. The molecule has 0 radical (unpaired) electrons. The first-order chi connectivity index (χ1) is 22.9. The third kappa shape index (κ3) is 8.54. The maximum absolute atomic E-state index is 14.3. The van der Waals surface area contributed by atoms with Crippen molar-refractivity contribution >= 4 is 23.5 Å². The topological polar surface area (TPSA) is 86.6 Å². The molecule has 2 aliphatic heterocycles. The lowest BCUT2D eigenvalue weighted by atomic mass is 9.63.